The second kappa shape index (κ2) is 12.2. The lowest BCUT2D eigenvalue weighted by Crippen LogP contribution is -2.00. The van der Waals surface area contributed by atoms with Crippen molar-refractivity contribution >= 4 is 21.9 Å². The minimum Gasteiger partial charge on any atom is -0.456 e. The van der Waals surface area contributed by atoms with E-state index in [0.717, 1.165) is 55.3 Å². The van der Waals surface area contributed by atoms with Crippen molar-refractivity contribution in [1.82, 2.24) is 15.0 Å². The highest BCUT2D eigenvalue weighted by molar-refractivity contribution is 6.06. The normalized spacial score (nSPS) is 11.3. The van der Waals surface area contributed by atoms with Gasteiger partial charge in [-0.1, -0.05) is 146 Å². The van der Waals surface area contributed by atoms with Crippen molar-refractivity contribution in [3.05, 3.63) is 176 Å². The number of benzene rings is 7. The number of nitrogens with zero attached hydrogens (tertiary/aromatic N) is 3. The molecule has 0 fully saturated rings. The minimum absolute atomic E-state index is 0.594. The minimum atomic E-state index is 0.594. The van der Waals surface area contributed by atoms with Crippen molar-refractivity contribution < 1.29 is 4.42 Å². The Labute approximate surface area is 284 Å². The number of furan rings is 1. The summed E-state index contributed by atoms with van der Waals surface area (Å²) in [4.78, 5) is 14.9. The lowest BCUT2D eigenvalue weighted by atomic mass is 9.98. The number of aromatic nitrogens is 3. The topological polar surface area (TPSA) is 51.8 Å². The van der Waals surface area contributed by atoms with Gasteiger partial charge in [0.15, 0.2) is 17.5 Å². The molecular weight excluding hydrogens is 599 g/mol. The monoisotopic (exact) mass is 627 g/mol. The van der Waals surface area contributed by atoms with E-state index >= 15 is 0 Å². The standard InChI is InChI=1S/C45H29N3O/c1-4-11-30(12-5-1)32-19-21-34(22-20-32)44-46-43(33-15-8-3-9-16-33)47-45(48-44)38-24-26-40-39-25-23-37(28-41(39)49-42(40)29-38)36-18-10-17-35(27-36)31-13-6-2-7-14-31/h1-29H. The van der Waals surface area contributed by atoms with E-state index in [4.69, 9.17) is 19.4 Å². The molecule has 0 unspecified atom stereocenters. The molecule has 2 heterocycles. The van der Waals surface area contributed by atoms with Crippen LogP contribution in [0.3, 0.4) is 0 Å². The summed E-state index contributed by atoms with van der Waals surface area (Å²) in [5.41, 5.74) is 11.3. The number of hydrogen-bond acceptors (Lipinski definition) is 4. The molecule has 0 amide bonds. The molecule has 0 radical (unpaired) electrons. The summed E-state index contributed by atoms with van der Waals surface area (Å²) >= 11 is 0. The first-order chi connectivity index (χ1) is 24.2. The Morgan fingerprint density at radius 3 is 1.20 bits per heavy atom. The van der Waals surface area contributed by atoms with E-state index < -0.39 is 0 Å². The Kier molecular flexibility index (Phi) is 7.10. The Hall–Kier alpha value is -6.65. The summed E-state index contributed by atoms with van der Waals surface area (Å²) in [7, 11) is 0. The summed E-state index contributed by atoms with van der Waals surface area (Å²) in [5, 5.41) is 2.13. The van der Waals surface area contributed by atoms with Crippen LogP contribution in [0.4, 0.5) is 0 Å². The number of rotatable bonds is 6. The average Bonchev–Trinajstić information content (AvgIpc) is 3.56. The van der Waals surface area contributed by atoms with Crippen molar-refractivity contribution in [2.45, 2.75) is 0 Å². The lowest BCUT2D eigenvalue weighted by molar-refractivity contribution is 0.669. The molecule has 7 aromatic carbocycles. The summed E-state index contributed by atoms with van der Waals surface area (Å²) in [6, 6.07) is 60.5. The van der Waals surface area contributed by atoms with Crippen LogP contribution in [0, 0.1) is 0 Å². The van der Waals surface area contributed by atoms with Crippen molar-refractivity contribution in [1.29, 1.82) is 0 Å². The average molecular weight is 628 g/mol. The molecule has 0 atom stereocenters. The quantitative estimate of drug-likeness (QED) is 0.184. The van der Waals surface area contributed by atoms with Crippen LogP contribution in [0.5, 0.6) is 0 Å². The van der Waals surface area contributed by atoms with Crippen LogP contribution in [-0.4, -0.2) is 15.0 Å². The van der Waals surface area contributed by atoms with E-state index in [2.05, 4.69) is 127 Å². The first-order valence-electron chi connectivity index (χ1n) is 16.4. The molecule has 9 rings (SSSR count). The largest absolute Gasteiger partial charge is 0.456 e. The molecule has 230 valence electrons. The molecule has 0 aliphatic rings. The van der Waals surface area contributed by atoms with Gasteiger partial charge in [0.05, 0.1) is 0 Å². The predicted molar refractivity (Wildman–Crippen MR) is 200 cm³/mol. The number of fused-ring (bicyclic) bond motifs is 3. The number of hydrogen-bond donors (Lipinski definition) is 0. The van der Waals surface area contributed by atoms with Gasteiger partial charge in [-0.15, -0.1) is 0 Å². The van der Waals surface area contributed by atoms with Crippen LogP contribution >= 0.6 is 0 Å². The maximum Gasteiger partial charge on any atom is 0.164 e. The molecule has 0 saturated carbocycles. The zero-order chi connectivity index (χ0) is 32.6. The fourth-order valence-electron chi connectivity index (χ4n) is 6.40. The van der Waals surface area contributed by atoms with Gasteiger partial charge in [0.25, 0.3) is 0 Å². The highest BCUT2D eigenvalue weighted by atomic mass is 16.3. The summed E-state index contributed by atoms with van der Waals surface area (Å²) in [6.45, 7) is 0. The van der Waals surface area contributed by atoms with E-state index in [1.807, 2.05) is 48.5 Å². The van der Waals surface area contributed by atoms with Gasteiger partial charge >= 0.3 is 0 Å². The van der Waals surface area contributed by atoms with Gasteiger partial charge in [0, 0.05) is 27.5 Å². The van der Waals surface area contributed by atoms with Crippen LogP contribution in [0.2, 0.25) is 0 Å². The molecule has 4 nitrogen and oxygen atoms in total. The molecule has 0 N–H and O–H groups in total. The highest BCUT2D eigenvalue weighted by Crippen LogP contribution is 2.36. The zero-order valence-electron chi connectivity index (χ0n) is 26.5. The fourth-order valence-corrected chi connectivity index (χ4v) is 6.40. The molecule has 2 aromatic heterocycles. The highest BCUT2D eigenvalue weighted by Gasteiger charge is 2.15. The smallest absolute Gasteiger partial charge is 0.164 e. The summed E-state index contributed by atoms with van der Waals surface area (Å²) in [6.07, 6.45) is 0. The zero-order valence-corrected chi connectivity index (χ0v) is 26.5. The van der Waals surface area contributed by atoms with Gasteiger partial charge < -0.3 is 4.42 Å². The lowest BCUT2D eigenvalue weighted by Gasteiger charge is -2.09. The molecule has 0 aliphatic heterocycles. The second-order valence-corrected chi connectivity index (χ2v) is 12.1. The summed E-state index contributed by atoms with van der Waals surface area (Å²) < 4.78 is 6.51. The van der Waals surface area contributed by atoms with Crippen LogP contribution in [0.1, 0.15) is 0 Å². The maximum absolute atomic E-state index is 6.51. The van der Waals surface area contributed by atoms with Crippen LogP contribution in [-0.2, 0) is 0 Å². The van der Waals surface area contributed by atoms with Gasteiger partial charge in [0.2, 0.25) is 0 Å². The van der Waals surface area contributed by atoms with Crippen LogP contribution in [0.25, 0.3) is 89.5 Å². The predicted octanol–water partition coefficient (Wildman–Crippen LogP) is 11.8. The van der Waals surface area contributed by atoms with Crippen molar-refractivity contribution in [3.63, 3.8) is 0 Å². The molecular formula is C45H29N3O. The molecule has 4 heteroatoms. The van der Waals surface area contributed by atoms with Gasteiger partial charge in [-0.2, -0.15) is 0 Å². The SMILES string of the molecule is c1ccc(-c2ccc(-c3nc(-c4ccccc4)nc(-c4ccc5c(c4)oc4cc(-c6cccc(-c7ccccc7)c6)ccc45)n3)cc2)cc1. The van der Waals surface area contributed by atoms with Gasteiger partial charge in [-0.25, -0.2) is 15.0 Å². The van der Waals surface area contributed by atoms with E-state index in [9.17, 15) is 0 Å². The Bertz CT molecular complexity index is 2580. The third-order valence-electron chi connectivity index (χ3n) is 8.95. The van der Waals surface area contributed by atoms with Gasteiger partial charge in [-0.3, -0.25) is 0 Å². The first kappa shape index (κ1) is 28.6. The van der Waals surface area contributed by atoms with Crippen molar-refractivity contribution in [2.75, 3.05) is 0 Å². The first-order valence-corrected chi connectivity index (χ1v) is 16.4. The molecule has 0 saturated heterocycles. The molecule has 9 aromatic rings. The summed E-state index contributed by atoms with van der Waals surface area (Å²) in [5.74, 6) is 1.84. The van der Waals surface area contributed by atoms with Gasteiger partial charge in [0.1, 0.15) is 11.2 Å². The van der Waals surface area contributed by atoms with E-state index in [1.165, 1.54) is 16.7 Å². The Morgan fingerprint density at radius 2 is 0.612 bits per heavy atom. The molecule has 0 bridgehead atoms. The van der Waals surface area contributed by atoms with Gasteiger partial charge in [-0.05, 0) is 63.7 Å². The third kappa shape index (κ3) is 5.56. The Morgan fingerprint density at radius 1 is 0.265 bits per heavy atom. The van der Waals surface area contributed by atoms with Crippen LogP contribution < -0.4 is 0 Å². The molecule has 0 aliphatic carbocycles. The van der Waals surface area contributed by atoms with Crippen LogP contribution in [0.15, 0.2) is 180 Å². The second-order valence-electron chi connectivity index (χ2n) is 12.1. The maximum atomic E-state index is 6.51. The third-order valence-corrected chi connectivity index (χ3v) is 8.95. The van der Waals surface area contributed by atoms with E-state index in [0.29, 0.717) is 17.5 Å². The van der Waals surface area contributed by atoms with E-state index in [-0.39, 0.29) is 0 Å². The van der Waals surface area contributed by atoms with Crippen molar-refractivity contribution in [2.24, 2.45) is 0 Å². The fraction of sp³-hybridized carbons (Fsp3) is 0. The molecule has 49 heavy (non-hydrogen) atoms. The van der Waals surface area contributed by atoms with Crippen molar-refractivity contribution in [3.8, 4) is 67.5 Å². The Balaban J connectivity index is 1.11. The molecule has 0 spiro atoms. The van der Waals surface area contributed by atoms with E-state index in [1.54, 1.807) is 0 Å².